The molecule has 1 aromatic heterocycles. The van der Waals surface area contributed by atoms with Crippen LogP contribution in [0.3, 0.4) is 0 Å². The molecule has 0 radical (unpaired) electrons. The number of carbonyl (C=O) groups excluding carboxylic acids is 1. The van der Waals surface area contributed by atoms with Crippen LogP contribution < -0.4 is 4.90 Å². The van der Waals surface area contributed by atoms with E-state index in [4.69, 9.17) is 23.2 Å². The summed E-state index contributed by atoms with van der Waals surface area (Å²) in [5.41, 5.74) is 0.944. The van der Waals surface area contributed by atoms with E-state index in [0.29, 0.717) is 29.6 Å². The van der Waals surface area contributed by atoms with Crippen LogP contribution in [0.15, 0.2) is 35.7 Å². The first-order valence-corrected chi connectivity index (χ1v) is 8.78. The van der Waals surface area contributed by atoms with E-state index in [-0.39, 0.29) is 5.91 Å². The van der Waals surface area contributed by atoms with Gasteiger partial charge in [0.15, 0.2) is 0 Å². The second-order valence-electron chi connectivity index (χ2n) is 5.20. The quantitative estimate of drug-likeness (QED) is 0.833. The van der Waals surface area contributed by atoms with Crippen molar-refractivity contribution in [1.29, 1.82) is 0 Å². The summed E-state index contributed by atoms with van der Waals surface area (Å²) in [5.74, 6) is 0.194. The summed E-state index contributed by atoms with van der Waals surface area (Å²) in [6.45, 7) is 2.98. The molecule has 0 spiro atoms. The van der Waals surface area contributed by atoms with Gasteiger partial charge in [-0.1, -0.05) is 35.3 Å². The monoisotopic (exact) mass is 354 g/mol. The number of benzene rings is 1. The molecule has 2 heterocycles. The molecular weight excluding hydrogens is 339 g/mol. The summed E-state index contributed by atoms with van der Waals surface area (Å²) in [7, 11) is 0. The summed E-state index contributed by atoms with van der Waals surface area (Å²) in [6, 6.07) is 9.64. The van der Waals surface area contributed by atoms with Crippen LogP contribution in [-0.4, -0.2) is 37.0 Å². The second kappa shape index (κ2) is 6.90. The van der Waals surface area contributed by atoms with Crippen molar-refractivity contribution in [2.45, 2.75) is 6.42 Å². The predicted molar refractivity (Wildman–Crippen MR) is 93.3 cm³/mol. The third kappa shape index (κ3) is 3.40. The average Bonchev–Trinajstić information content (AvgIpc) is 3.03. The molecule has 1 amide bonds. The molecule has 0 atom stereocenters. The SMILES string of the molecule is O=C(Cc1cccs1)N1CCN(c2cccc(Cl)c2Cl)CC1. The summed E-state index contributed by atoms with van der Waals surface area (Å²) in [4.78, 5) is 17.5. The average molecular weight is 355 g/mol. The van der Waals surface area contributed by atoms with Gasteiger partial charge in [-0.25, -0.2) is 0 Å². The number of rotatable bonds is 3. The first-order valence-electron chi connectivity index (χ1n) is 7.14. The maximum atomic E-state index is 12.3. The molecule has 1 aliphatic heterocycles. The van der Waals surface area contributed by atoms with Crippen molar-refractivity contribution in [3.63, 3.8) is 0 Å². The van der Waals surface area contributed by atoms with E-state index < -0.39 is 0 Å². The van der Waals surface area contributed by atoms with Crippen LogP contribution in [0.1, 0.15) is 4.88 Å². The Bertz CT molecular complexity index is 652. The van der Waals surface area contributed by atoms with Gasteiger partial charge in [-0.3, -0.25) is 4.79 Å². The van der Waals surface area contributed by atoms with E-state index in [1.165, 1.54) is 0 Å². The molecule has 1 aromatic carbocycles. The van der Waals surface area contributed by atoms with Gasteiger partial charge >= 0.3 is 0 Å². The molecule has 22 heavy (non-hydrogen) atoms. The second-order valence-corrected chi connectivity index (χ2v) is 7.01. The van der Waals surface area contributed by atoms with Crippen LogP contribution >= 0.6 is 34.5 Å². The zero-order valence-corrected chi connectivity index (χ0v) is 14.3. The third-order valence-electron chi connectivity index (χ3n) is 3.81. The Morgan fingerprint density at radius 3 is 2.55 bits per heavy atom. The van der Waals surface area contributed by atoms with E-state index in [2.05, 4.69) is 4.90 Å². The van der Waals surface area contributed by atoms with Gasteiger partial charge in [0, 0.05) is 31.1 Å². The van der Waals surface area contributed by atoms with E-state index in [0.717, 1.165) is 23.7 Å². The van der Waals surface area contributed by atoms with Crippen molar-refractivity contribution >= 4 is 46.1 Å². The lowest BCUT2D eigenvalue weighted by Gasteiger charge is -2.36. The molecule has 1 aliphatic rings. The maximum absolute atomic E-state index is 12.3. The number of piperazine rings is 1. The van der Waals surface area contributed by atoms with Gasteiger partial charge in [-0.05, 0) is 23.6 Å². The van der Waals surface area contributed by atoms with Crippen molar-refractivity contribution in [2.75, 3.05) is 31.1 Å². The molecular formula is C16H16Cl2N2OS. The van der Waals surface area contributed by atoms with Gasteiger partial charge in [0.05, 0.1) is 22.2 Å². The summed E-state index contributed by atoms with van der Waals surface area (Å²) in [5, 5.41) is 3.15. The van der Waals surface area contributed by atoms with Crippen molar-refractivity contribution in [1.82, 2.24) is 4.90 Å². The molecule has 0 aliphatic carbocycles. The standard InChI is InChI=1S/C16H16Cl2N2OS/c17-13-4-1-5-14(16(13)18)19-6-8-20(9-7-19)15(21)11-12-3-2-10-22-12/h1-5,10H,6-9,11H2. The van der Waals surface area contributed by atoms with Crippen LogP contribution in [0, 0.1) is 0 Å². The lowest BCUT2D eigenvalue weighted by atomic mass is 10.2. The van der Waals surface area contributed by atoms with Crippen molar-refractivity contribution in [3.05, 3.63) is 50.6 Å². The number of carbonyl (C=O) groups is 1. The van der Waals surface area contributed by atoms with Crippen LogP contribution in [-0.2, 0) is 11.2 Å². The van der Waals surface area contributed by atoms with Gasteiger partial charge in [0.1, 0.15) is 0 Å². The predicted octanol–water partition coefficient (Wildman–Crippen LogP) is 3.95. The first-order chi connectivity index (χ1) is 10.6. The fraction of sp³-hybridized carbons (Fsp3) is 0.312. The molecule has 3 nitrogen and oxygen atoms in total. The van der Waals surface area contributed by atoms with Gasteiger partial charge < -0.3 is 9.80 Å². The van der Waals surface area contributed by atoms with E-state index >= 15 is 0 Å². The van der Waals surface area contributed by atoms with E-state index in [1.807, 2.05) is 34.5 Å². The Morgan fingerprint density at radius 1 is 1.09 bits per heavy atom. The van der Waals surface area contributed by atoms with Crippen molar-refractivity contribution in [3.8, 4) is 0 Å². The highest BCUT2D eigenvalue weighted by Crippen LogP contribution is 2.32. The number of thiophene rings is 1. The molecule has 116 valence electrons. The minimum absolute atomic E-state index is 0.194. The lowest BCUT2D eigenvalue weighted by Crippen LogP contribution is -2.49. The van der Waals surface area contributed by atoms with E-state index in [9.17, 15) is 4.79 Å². The number of halogens is 2. The number of anilines is 1. The normalized spacial score (nSPS) is 15.2. The van der Waals surface area contributed by atoms with E-state index in [1.54, 1.807) is 17.4 Å². The molecule has 2 aromatic rings. The molecule has 1 saturated heterocycles. The van der Waals surface area contributed by atoms with Crippen LogP contribution in [0.25, 0.3) is 0 Å². The molecule has 1 fully saturated rings. The molecule has 0 N–H and O–H groups in total. The molecule has 3 rings (SSSR count). The van der Waals surface area contributed by atoms with Crippen molar-refractivity contribution in [2.24, 2.45) is 0 Å². The molecule has 0 saturated carbocycles. The summed E-state index contributed by atoms with van der Waals surface area (Å²) >= 11 is 14.0. The Hall–Kier alpha value is -1.23. The lowest BCUT2D eigenvalue weighted by molar-refractivity contribution is -0.130. The summed E-state index contributed by atoms with van der Waals surface area (Å²) in [6.07, 6.45) is 0.496. The minimum Gasteiger partial charge on any atom is -0.367 e. The number of nitrogens with zero attached hydrogens (tertiary/aromatic N) is 2. The Labute approximate surface area is 144 Å². The zero-order valence-electron chi connectivity index (χ0n) is 12.0. The Balaban J connectivity index is 1.60. The minimum atomic E-state index is 0.194. The first kappa shape index (κ1) is 15.7. The van der Waals surface area contributed by atoms with Gasteiger partial charge in [0.2, 0.25) is 5.91 Å². The topological polar surface area (TPSA) is 23.6 Å². The van der Waals surface area contributed by atoms with Crippen LogP contribution in [0.5, 0.6) is 0 Å². The number of amides is 1. The summed E-state index contributed by atoms with van der Waals surface area (Å²) < 4.78 is 0. The number of hydrogen-bond donors (Lipinski definition) is 0. The van der Waals surface area contributed by atoms with Crippen LogP contribution in [0.4, 0.5) is 5.69 Å². The molecule has 0 unspecified atom stereocenters. The molecule has 0 bridgehead atoms. The fourth-order valence-electron chi connectivity index (χ4n) is 2.61. The third-order valence-corrected chi connectivity index (χ3v) is 5.50. The number of hydrogen-bond acceptors (Lipinski definition) is 3. The zero-order chi connectivity index (χ0) is 15.5. The largest absolute Gasteiger partial charge is 0.367 e. The molecule has 6 heteroatoms. The Kier molecular flexibility index (Phi) is 4.91. The van der Waals surface area contributed by atoms with Gasteiger partial charge in [-0.2, -0.15) is 0 Å². The van der Waals surface area contributed by atoms with Crippen LogP contribution in [0.2, 0.25) is 10.0 Å². The van der Waals surface area contributed by atoms with Gasteiger partial charge in [0.25, 0.3) is 0 Å². The van der Waals surface area contributed by atoms with Gasteiger partial charge in [-0.15, -0.1) is 11.3 Å². The maximum Gasteiger partial charge on any atom is 0.227 e. The highest BCUT2D eigenvalue weighted by atomic mass is 35.5. The highest BCUT2D eigenvalue weighted by molar-refractivity contribution is 7.10. The van der Waals surface area contributed by atoms with Crippen molar-refractivity contribution < 1.29 is 4.79 Å². The fourth-order valence-corrected chi connectivity index (χ4v) is 3.72. The highest BCUT2D eigenvalue weighted by Gasteiger charge is 2.23. The smallest absolute Gasteiger partial charge is 0.227 e. The Morgan fingerprint density at radius 2 is 1.86 bits per heavy atom.